The second-order valence-corrected chi connectivity index (χ2v) is 3.92. The maximum atomic E-state index is 11.9. The van der Waals surface area contributed by atoms with Crippen LogP contribution in [0.5, 0.6) is 0 Å². The number of halogens is 1. The second kappa shape index (κ2) is 6.01. The summed E-state index contributed by atoms with van der Waals surface area (Å²) >= 11 is 5.40. The van der Waals surface area contributed by atoms with Crippen LogP contribution in [0.15, 0.2) is 36.7 Å². The molecule has 0 spiro atoms. The number of imidazole rings is 1. The number of hydrogen-bond acceptors (Lipinski definition) is 3. The van der Waals surface area contributed by atoms with E-state index in [9.17, 15) is 9.59 Å². The fourth-order valence-electron chi connectivity index (χ4n) is 1.45. The van der Waals surface area contributed by atoms with Gasteiger partial charge in [0.2, 0.25) is 11.9 Å². The Labute approximate surface area is 114 Å². The summed E-state index contributed by atoms with van der Waals surface area (Å²) in [5, 5.41) is 5.16. The smallest absolute Gasteiger partial charge is 0.258 e. The lowest BCUT2D eigenvalue weighted by molar-refractivity contribution is -0.113. The second-order valence-electron chi connectivity index (χ2n) is 3.65. The van der Waals surface area contributed by atoms with E-state index in [0.717, 1.165) is 0 Å². The normalized spacial score (nSPS) is 9.95. The molecule has 0 unspecified atom stereocenters. The average molecular weight is 279 g/mol. The number of benzene rings is 1. The number of aromatic amines is 1. The summed E-state index contributed by atoms with van der Waals surface area (Å²) in [7, 11) is 0. The molecule has 1 heterocycles. The molecule has 6 nitrogen and oxygen atoms in total. The van der Waals surface area contributed by atoms with Gasteiger partial charge in [-0.25, -0.2) is 4.98 Å². The number of aromatic nitrogens is 2. The first-order valence-electron chi connectivity index (χ1n) is 5.45. The lowest BCUT2D eigenvalue weighted by Crippen LogP contribution is -2.15. The van der Waals surface area contributed by atoms with Crippen LogP contribution in [0.3, 0.4) is 0 Å². The van der Waals surface area contributed by atoms with Gasteiger partial charge in [-0.05, 0) is 18.2 Å². The van der Waals surface area contributed by atoms with E-state index in [1.165, 1.54) is 6.20 Å². The van der Waals surface area contributed by atoms with Crippen molar-refractivity contribution in [2.75, 3.05) is 16.5 Å². The molecule has 0 saturated carbocycles. The summed E-state index contributed by atoms with van der Waals surface area (Å²) in [6.07, 6.45) is 3.14. The molecule has 0 bridgehead atoms. The molecule has 0 aliphatic carbocycles. The van der Waals surface area contributed by atoms with E-state index in [2.05, 4.69) is 20.6 Å². The number of carbonyl (C=O) groups is 2. The SMILES string of the molecule is O=C(CCl)Nc1cccc(C(=O)Nc2ncc[nH]2)c1. The molecule has 0 aliphatic rings. The maximum Gasteiger partial charge on any atom is 0.258 e. The average Bonchev–Trinajstić information content (AvgIpc) is 2.91. The quantitative estimate of drug-likeness (QED) is 0.746. The van der Waals surface area contributed by atoms with Crippen molar-refractivity contribution in [3.8, 4) is 0 Å². The van der Waals surface area contributed by atoms with Crippen molar-refractivity contribution >= 4 is 35.1 Å². The van der Waals surface area contributed by atoms with E-state index in [1.54, 1.807) is 30.5 Å². The summed E-state index contributed by atoms with van der Waals surface area (Å²) in [4.78, 5) is 29.7. The topological polar surface area (TPSA) is 86.9 Å². The third kappa shape index (κ3) is 3.56. The van der Waals surface area contributed by atoms with Gasteiger partial charge in [0.25, 0.3) is 5.91 Å². The first kappa shape index (κ1) is 13.1. The van der Waals surface area contributed by atoms with E-state index in [-0.39, 0.29) is 17.7 Å². The molecule has 7 heteroatoms. The minimum atomic E-state index is -0.328. The molecule has 19 heavy (non-hydrogen) atoms. The molecule has 3 N–H and O–H groups in total. The predicted molar refractivity (Wildman–Crippen MR) is 72.3 cm³/mol. The van der Waals surface area contributed by atoms with Crippen molar-refractivity contribution in [1.82, 2.24) is 9.97 Å². The minimum absolute atomic E-state index is 0.136. The Balaban J connectivity index is 2.09. The molecular weight excluding hydrogens is 268 g/mol. The highest BCUT2D eigenvalue weighted by Crippen LogP contribution is 2.12. The number of anilines is 2. The standard InChI is InChI=1S/C12H11ClN4O2/c13-7-10(18)16-9-3-1-2-8(6-9)11(19)17-12-14-4-5-15-12/h1-6H,7H2,(H,16,18)(H2,14,15,17,19). The van der Waals surface area contributed by atoms with Crippen molar-refractivity contribution in [3.63, 3.8) is 0 Å². The Kier molecular flexibility index (Phi) is 4.15. The third-order valence-electron chi connectivity index (χ3n) is 2.26. The van der Waals surface area contributed by atoms with Crippen LogP contribution in [0.4, 0.5) is 11.6 Å². The van der Waals surface area contributed by atoms with E-state index in [0.29, 0.717) is 17.2 Å². The fourth-order valence-corrected chi connectivity index (χ4v) is 1.51. The summed E-state index contributed by atoms with van der Waals surface area (Å²) < 4.78 is 0. The molecule has 0 atom stereocenters. The van der Waals surface area contributed by atoms with E-state index in [4.69, 9.17) is 11.6 Å². The molecule has 0 saturated heterocycles. The van der Waals surface area contributed by atoms with Crippen LogP contribution < -0.4 is 10.6 Å². The minimum Gasteiger partial charge on any atom is -0.331 e. The first-order valence-corrected chi connectivity index (χ1v) is 5.99. The number of nitrogens with zero attached hydrogens (tertiary/aromatic N) is 1. The van der Waals surface area contributed by atoms with E-state index < -0.39 is 0 Å². The van der Waals surface area contributed by atoms with Gasteiger partial charge in [0.15, 0.2) is 0 Å². The van der Waals surface area contributed by atoms with Gasteiger partial charge in [-0.1, -0.05) is 6.07 Å². The molecule has 0 radical (unpaired) electrons. The number of carbonyl (C=O) groups excluding carboxylic acids is 2. The fraction of sp³-hybridized carbons (Fsp3) is 0.0833. The Bertz CT molecular complexity index is 583. The highest BCUT2D eigenvalue weighted by Gasteiger charge is 2.08. The van der Waals surface area contributed by atoms with Crippen LogP contribution in [0.2, 0.25) is 0 Å². The number of rotatable bonds is 4. The van der Waals surface area contributed by atoms with Gasteiger partial charge in [0.05, 0.1) is 0 Å². The molecule has 2 aromatic rings. The van der Waals surface area contributed by atoms with Gasteiger partial charge in [0, 0.05) is 23.6 Å². The number of amides is 2. The van der Waals surface area contributed by atoms with Crippen molar-refractivity contribution < 1.29 is 9.59 Å². The van der Waals surface area contributed by atoms with Crippen LogP contribution in [0, 0.1) is 0 Å². The third-order valence-corrected chi connectivity index (χ3v) is 2.50. The van der Waals surface area contributed by atoms with Crippen LogP contribution in [0.25, 0.3) is 0 Å². The molecule has 98 valence electrons. The summed E-state index contributed by atoms with van der Waals surface area (Å²) in [5.74, 6) is -0.426. The summed E-state index contributed by atoms with van der Waals surface area (Å²) in [5.41, 5.74) is 0.918. The Morgan fingerprint density at radius 2 is 2.16 bits per heavy atom. The zero-order valence-electron chi connectivity index (χ0n) is 9.81. The number of hydrogen-bond donors (Lipinski definition) is 3. The Hall–Kier alpha value is -2.34. The predicted octanol–water partition coefficient (Wildman–Crippen LogP) is 1.84. The van der Waals surface area contributed by atoms with Crippen LogP contribution in [-0.4, -0.2) is 27.7 Å². The van der Waals surface area contributed by atoms with Crippen LogP contribution >= 0.6 is 11.6 Å². The Morgan fingerprint density at radius 3 is 2.84 bits per heavy atom. The van der Waals surface area contributed by atoms with Gasteiger partial charge >= 0.3 is 0 Å². The number of nitrogens with one attached hydrogen (secondary N) is 3. The molecule has 1 aromatic heterocycles. The lowest BCUT2D eigenvalue weighted by Gasteiger charge is -2.06. The van der Waals surface area contributed by atoms with Gasteiger partial charge in [-0.2, -0.15) is 0 Å². The van der Waals surface area contributed by atoms with Gasteiger partial charge < -0.3 is 10.3 Å². The number of alkyl halides is 1. The molecule has 1 aromatic carbocycles. The lowest BCUT2D eigenvalue weighted by atomic mass is 10.2. The summed E-state index contributed by atoms with van der Waals surface area (Å²) in [6, 6.07) is 6.53. The largest absolute Gasteiger partial charge is 0.331 e. The first-order chi connectivity index (χ1) is 9.19. The van der Waals surface area contributed by atoms with Gasteiger partial charge in [0.1, 0.15) is 5.88 Å². The number of H-pyrrole nitrogens is 1. The Morgan fingerprint density at radius 1 is 1.32 bits per heavy atom. The van der Waals surface area contributed by atoms with E-state index in [1.807, 2.05) is 0 Å². The molecule has 2 amide bonds. The van der Waals surface area contributed by atoms with E-state index >= 15 is 0 Å². The van der Waals surface area contributed by atoms with Gasteiger partial charge in [-0.3, -0.25) is 14.9 Å². The van der Waals surface area contributed by atoms with Crippen molar-refractivity contribution in [2.24, 2.45) is 0 Å². The molecular formula is C12H11ClN4O2. The van der Waals surface area contributed by atoms with Crippen LogP contribution in [0.1, 0.15) is 10.4 Å². The monoisotopic (exact) mass is 278 g/mol. The van der Waals surface area contributed by atoms with Gasteiger partial charge in [-0.15, -0.1) is 11.6 Å². The van der Waals surface area contributed by atoms with Crippen molar-refractivity contribution in [1.29, 1.82) is 0 Å². The molecule has 0 aliphatic heterocycles. The zero-order chi connectivity index (χ0) is 13.7. The molecule has 0 fully saturated rings. The molecule has 2 rings (SSSR count). The van der Waals surface area contributed by atoms with Crippen molar-refractivity contribution in [2.45, 2.75) is 0 Å². The summed E-state index contributed by atoms with van der Waals surface area (Å²) in [6.45, 7) is 0. The van der Waals surface area contributed by atoms with Crippen LogP contribution in [-0.2, 0) is 4.79 Å². The highest BCUT2D eigenvalue weighted by molar-refractivity contribution is 6.29. The zero-order valence-corrected chi connectivity index (χ0v) is 10.6. The highest BCUT2D eigenvalue weighted by atomic mass is 35.5. The van der Waals surface area contributed by atoms with Crippen molar-refractivity contribution in [3.05, 3.63) is 42.2 Å². The maximum absolute atomic E-state index is 11.9.